The van der Waals surface area contributed by atoms with Gasteiger partial charge in [-0.2, -0.15) is 0 Å². The lowest BCUT2D eigenvalue weighted by atomic mass is 9.95. The summed E-state index contributed by atoms with van der Waals surface area (Å²) in [5, 5.41) is 20.0. The molecular formula is C22H27N5OS. The molecule has 1 aliphatic heterocycles. The van der Waals surface area contributed by atoms with Crippen molar-refractivity contribution in [3.05, 3.63) is 41.5 Å². The standard InChI is InChI=1S/C18H18N4OS.C4H9N/c1-12-19-11-17(24-12)13-4-5-14(16(23)10-13)15-6-7-18(21-20-15)22-8-2-3-9-22;5-4-2-1-3-4/h4-7,10-11,23H,2-3,8-9H2,1H3;4H,1-3,5H2. The van der Waals surface area contributed by atoms with Gasteiger partial charge < -0.3 is 15.7 Å². The van der Waals surface area contributed by atoms with Crippen LogP contribution < -0.4 is 10.6 Å². The first-order valence-corrected chi connectivity index (χ1v) is 11.0. The van der Waals surface area contributed by atoms with Gasteiger partial charge in [0, 0.05) is 30.9 Å². The molecule has 7 heteroatoms. The van der Waals surface area contributed by atoms with Gasteiger partial charge in [0.1, 0.15) is 5.75 Å². The van der Waals surface area contributed by atoms with Crippen molar-refractivity contribution in [3.8, 4) is 27.4 Å². The van der Waals surface area contributed by atoms with Crippen molar-refractivity contribution in [2.24, 2.45) is 5.73 Å². The van der Waals surface area contributed by atoms with Crippen molar-refractivity contribution < 1.29 is 5.11 Å². The van der Waals surface area contributed by atoms with E-state index in [1.165, 1.54) is 32.1 Å². The summed E-state index contributed by atoms with van der Waals surface area (Å²) in [4.78, 5) is 7.55. The topological polar surface area (TPSA) is 88.2 Å². The summed E-state index contributed by atoms with van der Waals surface area (Å²) in [6, 6.07) is 10.1. The zero-order valence-corrected chi connectivity index (χ0v) is 17.5. The van der Waals surface area contributed by atoms with E-state index in [4.69, 9.17) is 5.73 Å². The summed E-state index contributed by atoms with van der Waals surface area (Å²) in [5.74, 6) is 1.12. The average molecular weight is 410 g/mol. The molecule has 2 aromatic heterocycles. The molecule has 0 bridgehead atoms. The smallest absolute Gasteiger partial charge is 0.151 e. The lowest BCUT2D eigenvalue weighted by Gasteiger charge is -2.18. The molecule has 1 aliphatic carbocycles. The largest absolute Gasteiger partial charge is 0.507 e. The number of hydrogen-bond donors (Lipinski definition) is 2. The predicted octanol–water partition coefficient (Wildman–Crippen LogP) is 4.38. The molecule has 29 heavy (non-hydrogen) atoms. The van der Waals surface area contributed by atoms with Crippen LogP contribution in [0.5, 0.6) is 5.75 Å². The Bertz CT molecular complexity index is 946. The molecule has 5 rings (SSSR count). The first-order valence-electron chi connectivity index (χ1n) is 10.2. The monoisotopic (exact) mass is 409 g/mol. The summed E-state index contributed by atoms with van der Waals surface area (Å²) in [6.45, 7) is 4.06. The van der Waals surface area contributed by atoms with Gasteiger partial charge in [0.15, 0.2) is 5.82 Å². The summed E-state index contributed by atoms with van der Waals surface area (Å²) in [5.41, 5.74) is 7.72. The van der Waals surface area contributed by atoms with Crippen molar-refractivity contribution in [3.63, 3.8) is 0 Å². The van der Waals surface area contributed by atoms with E-state index in [0.717, 1.165) is 34.4 Å². The van der Waals surface area contributed by atoms with E-state index in [-0.39, 0.29) is 5.75 Å². The van der Waals surface area contributed by atoms with Crippen LogP contribution in [0.2, 0.25) is 0 Å². The second-order valence-corrected chi connectivity index (χ2v) is 8.87. The van der Waals surface area contributed by atoms with E-state index in [1.54, 1.807) is 17.4 Å². The maximum Gasteiger partial charge on any atom is 0.151 e. The predicted molar refractivity (Wildman–Crippen MR) is 118 cm³/mol. The van der Waals surface area contributed by atoms with Crippen molar-refractivity contribution >= 4 is 17.2 Å². The van der Waals surface area contributed by atoms with E-state index in [0.29, 0.717) is 17.3 Å². The van der Waals surface area contributed by atoms with E-state index in [2.05, 4.69) is 20.1 Å². The van der Waals surface area contributed by atoms with Crippen molar-refractivity contribution in [1.82, 2.24) is 15.2 Å². The number of phenols is 1. The molecule has 0 spiro atoms. The molecule has 0 radical (unpaired) electrons. The van der Waals surface area contributed by atoms with Crippen molar-refractivity contribution in [2.75, 3.05) is 18.0 Å². The van der Waals surface area contributed by atoms with E-state index in [1.807, 2.05) is 37.4 Å². The minimum atomic E-state index is 0.210. The van der Waals surface area contributed by atoms with Gasteiger partial charge in [-0.3, -0.25) is 0 Å². The van der Waals surface area contributed by atoms with Crippen molar-refractivity contribution in [1.29, 1.82) is 0 Å². The Labute approximate surface area is 175 Å². The first-order chi connectivity index (χ1) is 14.1. The molecule has 152 valence electrons. The number of benzene rings is 1. The van der Waals surface area contributed by atoms with Gasteiger partial charge in [0.2, 0.25) is 0 Å². The van der Waals surface area contributed by atoms with Crippen LogP contribution in [0, 0.1) is 6.92 Å². The van der Waals surface area contributed by atoms with Crippen LogP contribution in [0.25, 0.3) is 21.7 Å². The lowest BCUT2D eigenvalue weighted by molar-refractivity contribution is 0.418. The van der Waals surface area contributed by atoms with Gasteiger partial charge in [-0.05, 0) is 62.4 Å². The third-order valence-corrected chi connectivity index (χ3v) is 6.37. The highest BCUT2D eigenvalue weighted by Crippen LogP contribution is 2.34. The summed E-state index contributed by atoms with van der Waals surface area (Å²) >= 11 is 1.61. The Balaban J connectivity index is 0.000000359. The number of aromatic hydroxyl groups is 1. The van der Waals surface area contributed by atoms with E-state index in [9.17, 15) is 5.11 Å². The van der Waals surface area contributed by atoms with Gasteiger partial charge in [0.05, 0.1) is 15.6 Å². The molecule has 2 aliphatic rings. The Kier molecular flexibility index (Phi) is 6.06. The number of nitrogens with zero attached hydrogens (tertiary/aromatic N) is 4. The number of phenolic OH excluding ortho intramolecular Hbond substituents is 1. The summed E-state index contributed by atoms with van der Waals surface area (Å²) < 4.78 is 0. The Hall–Kier alpha value is -2.51. The molecule has 2 fully saturated rings. The molecule has 0 unspecified atom stereocenters. The SMILES string of the molecule is Cc1ncc(-c2ccc(-c3ccc(N4CCCC4)nn3)c(O)c2)s1.NC1CCC1. The van der Waals surface area contributed by atoms with Gasteiger partial charge in [-0.25, -0.2) is 4.98 Å². The molecule has 3 aromatic rings. The normalized spacial score (nSPS) is 16.3. The highest BCUT2D eigenvalue weighted by molar-refractivity contribution is 7.15. The third-order valence-electron chi connectivity index (χ3n) is 5.41. The lowest BCUT2D eigenvalue weighted by Crippen LogP contribution is -2.27. The number of nitrogens with two attached hydrogens (primary N) is 1. The molecule has 3 heterocycles. The zero-order chi connectivity index (χ0) is 20.2. The Morgan fingerprint density at radius 1 is 1.07 bits per heavy atom. The van der Waals surface area contributed by atoms with Crippen LogP contribution in [0.1, 0.15) is 37.1 Å². The number of thiazole rings is 1. The van der Waals surface area contributed by atoms with Crippen LogP contribution in [0.3, 0.4) is 0 Å². The highest BCUT2D eigenvalue weighted by Gasteiger charge is 2.15. The minimum absolute atomic E-state index is 0.210. The second-order valence-electron chi connectivity index (χ2n) is 7.64. The zero-order valence-electron chi connectivity index (χ0n) is 16.7. The highest BCUT2D eigenvalue weighted by atomic mass is 32.1. The Morgan fingerprint density at radius 3 is 2.34 bits per heavy atom. The molecule has 1 saturated heterocycles. The number of anilines is 1. The molecule has 3 N–H and O–H groups in total. The summed E-state index contributed by atoms with van der Waals surface area (Å²) in [7, 11) is 0. The first kappa shape index (κ1) is 19.8. The number of aryl methyl sites for hydroxylation is 1. The number of hydrogen-bond acceptors (Lipinski definition) is 7. The van der Waals surface area contributed by atoms with Crippen molar-refractivity contribution in [2.45, 2.75) is 45.1 Å². The van der Waals surface area contributed by atoms with Crippen LogP contribution >= 0.6 is 11.3 Å². The number of rotatable bonds is 3. The van der Waals surface area contributed by atoms with Crippen LogP contribution in [0.15, 0.2) is 36.5 Å². The maximum atomic E-state index is 10.4. The fourth-order valence-corrected chi connectivity index (χ4v) is 4.19. The number of aromatic nitrogens is 3. The minimum Gasteiger partial charge on any atom is -0.507 e. The maximum absolute atomic E-state index is 10.4. The van der Waals surface area contributed by atoms with Gasteiger partial charge >= 0.3 is 0 Å². The molecular weight excluding hydrogens is 382 g/mol. The van der Waals surface area contributed by atoms with E-state index >= 15 is 0 Å². The van der Waals surface area contributed by atoms with E-state index < -0.39 is 0 Å². The third kappa shape index (κ3) is 4.74. The molecule has 0 atom stereocenters. The Morgan fingerprint density at radius 2 is 1.83 bits per heavy atom. The van der Waals surface area contributed by atoms with Crippen LogP contribution in [0.4, 0.5) is 5.82 Å². The fraction of sp³-hybridized carbons (Fsp3) is 0.409. The van der Waals surface area contributed by atoms with Crippen LogP contribution in [-0.4, -0.2) is 39.4 Å². The molecule has 1 saturated carbocycles. The van der Waals surface area contributed by atoms with Gasteiger partial charge in [-0.15, -0.1) is 21.5 Å². The second kappa shape index (κ2) is 8.88. The quantitative estimate of drug-likeness (QED) is 0.667. The molecule has 0 amide bonds. The fourth-order valence-electron chi connectivity index (χ4n) is 3.42. The van der Waals surface area contributed by atoms with Crippen LogP contribution in [-0.2, 0) is 0 Å². The average Bonchev–Trinajstić information content (AvgIpc) is 3.39. The summed E-state index contributed by atoms with van der Waals surface area (Å²) in [6.07, 6.45) is 8.14. The van der Waals surface area contributed by atoms with Gasteiger partial charge in [0.25, 0.3) is 0 Å². The molecule has 6 nitrogen and oxygen atoms in total. The van der Waals surface area contributed by atoms with Gasteiger partial charge in [-0.1, -0.05) is 12.5 Å². The molecule has 1 aromatic carbocycles.